The first-order valence-corrected chi connectivity index (χ1v) is 9.29. The molecule has 2 heterocycles. The molecule has 0 spiro atoms. The van der Waals surface area contributed by atoms with Crippen LogP contribution in [0.25, 0.3) is 10.2 Å². The molecule has 2 aromatic rings. The van der Waals surface area contributed by atoms with Gasteiger partial charge in [-0.25, -0.2) is 4.98 Å². The van der Waals surface area contributed by atoms with E-state index in [-0.39, 0.29) is 11.7 Å². The molecule has 27 heavy (non-hydrogen) atoms. The van der Waals surface area contributed by atoms with Gasteiger partial charge in [0.15, 0.2) is 5.13 Å². The van der Waals surface area contributed by atoms with E-state index in [0.29, 0.717) is 48.5 Å². The molecule has 146 valence electrons. The third-order valence-corrected chi connectivity index (χ3v) is 5.10. The van der Waals surface area contributed by atoms with Crippen LogP contribution in [-0.2, 0) is 14.3 Å². The molecule has 0 saturated heterocycles. The Labute approximate surface area is 161 Å². The number of thiazole rings is 1. The average Bonchev–Trinajstić information content (AvgIpc) is 3.12. The van der Waals surface area contributed by atoms with Crippen LogP contribution in [-0.4, -0.2) is 70.4 Å². The first-order chi connectivity index (χ1) is 13.0. The normalized spacial score (nSPS) is 13.7. The molecular weight excluding hydrogens is 370 g/mol. The Hall–Kier alpha value is -2.52. The molecule has 0 bridgehead atoms. The van der Waals surface area contributed by atoms with Crippen molar-refractivity contribution in [3.8, 4) is 11.5 Å². The van der Waals surface area contributed by atoms with Gasteiger partial charge in [-0.05, 0) is 26.2 Å². The van der Waals surface area contributed by atoms with E-state index in [9.17, 15) is 4.79 Å². The summed E-state index contributed by atoms with van der Waals surface area (Å²) in [4.78, 5) is 21.3. The molecule has 0 unspecified atom stereocenters. The smallest absolute Gasteiger partial charge is 0.298 e. The van der Waals surface area contributed by atoms with Crippen LogP contribution >= 0.6 is 11.3 Å². The highest BCUT2D eigenvalue weighted by atomic mass is 32.1. The number of likely N-dealkylation sites (N-methyl/N-ethyl adjacent to an activating group) is 1. The van der Waals surface area contributed by atoms with Crippen molar-refractivity contribution >= 4 is 32.6 Å². The van der Waals surface area contributed by atoms with E-state index >= 15 is 0 Å². The van der Waals surface area contributed by atoms with Gasteiger partial charge in [0.05, 0.1) is 14.2 Å². The van der Waals surface area contributed by atoms with Gasteiger partial charge in [0, 0.05) is 13.1 Å². The van der Waals surface area contributed by atoms with Gasteiger partial charge in [-0.3, -0.25) is 9.69 Å². The van der Waals surface area contributed by atoms with Crippen LogP contribution in [0.5, 0.6) is 11.5 Å². The molecular formula is C18H23N3O5S. The summed E-state index contributed by atoms with van der Waals surface area (Å²) in [7, 11) is 7.10. The summed E-state index contributed by atoms with van der Waals surface area (Å²) in [6.07, 6.45) is 1.36. The Bertz CT molecular complexity index is 808. The predicted molar refractivity (Wildman–Crippen MR) is 104 cm³/mol. The molecule has 0 N–H and O–H groups in total. The van der Waals surface area contributed by atoms with Crippen LogP contribution < -0.4 is 14.4 Å². The lowest BCUT2D eigenvalue weighted by Crippen LogP contribution is -2.38. The Kier molecular flexibility index (Phi) is 6.02. The number of hydrogen-bond acceptors (Lipinski definition) is 8. The largest absolute Gasteiger partial charge is 0.495 e. The van der Waals surface area contributed by atoms with Crippen molar-refractivity contribution in [2.75, 3.05) is 59.5 Å². The van der Waals surface area contributed by atoms with Gasteiger partial charge in [-0.2, -0.15) is 0 Å². The van der Waals surface area contributed by atoms with Crippen molar-refractivity contribution in [2.45, 2.75) is 0 Å². The predicted octanol–water partition coefficient (Wildman–Crippen LogP) is 2.10. The summed E-state index contributed by atoms with van der Waals surface area (Å²) in [6, 6.07) is 3.63. The van der Waals surface area contributed by atoms with Gasteiger partial charge in [0.1, 0.15) is 41.2 Å². The number of amides is 1. The van der Waals surface area contributed by atoms with E-state index in [0.717, 1.165) is 4.70 Å². The highest BCUT2D eigenvalue weighted by molar-refractivity contribution is 7.22. The van der Waals surface area contributed by atoms with Gasteiger partial charge in [0.25, 0.3) is 5.91 Å². The molecule has 0 aliphatic carbocycles. The van der Waals surface area contributed by atoms with Gasteiger partial charge in [-0.15, -0.1) is 0 Å². The Morgan fingerprint density at radius 1 is 1.19 bits per heavy atom. The summed E-state index contributed by atoms with van der Waals surface area (Å²) in [5, 5.41) is 0.551. The number of methoxy groups -OCH3 is 2. The molecule has 3 rings (SSSR count). The minimum absolute atomic E-state index is 0.179. The number of rotatable bonds is 7. The number of anilines is 1. The van der Waals surface area contributed by atoms with Crippen molar-refractivity contribution in [1.29, 1.82) is 0 Å². The Morgan fingerprint density at radius 2 is 1.93 bits per heavy atom. The lowest BCUT2D eigenvalue weighted by atomic mass is 10.3. The van der Waals surface area contributed by atoms with Gasteiger partial charge in [-0.1, -0.05) is 11.3 Å². The van der Waals surface area contributed by atoms with E-state index in [4.69, 9.17) is 18.9 Å². The number of carbonyl (C=O) groups is 1. The molecule has 9 heteroatoms. The monoisotopic (exact) mass is 393 g/mol. The molecule has 1 aliphatic heterocycles. The van der Waals surface area contributed by atoms with E-state index in [1.807, 2.05) is 25.1 Å². The fourth-order valence-corrected chi connectivity index (χ4v) is 3.69. The third-order valence-electron chi connectivity index (χ3n) is 4.01. The summed E-state index contributed by atoms with van der Waals surface area (Å²) in [5.74, 6) is 1.21. The number of nitrogens with zero attached hydrogens (tertiary/aromatic N) is 3. The molecule has 1 aromatic heterocycles. The van der Waals surface area contributed by atoms with Crippen molar-refractivity contribution in [2.24, 2.45) is 0 Å². The van der Waals surface area contributed by atoms with Crippen molar-refractivity contribution in [3.05, 3.63) is 24.2 Å². The molecule has 0 saturated carbocycles. The maximum Gasteiger partial charge on any atom is 0.298 e. The maximum absolute atomic E-state index is 13.0. The van der Waals surface area contributed by atoms with Crippen LogP contribution in [0.4, 0.5) is 5.13 Å². The zero-order chi connectivity index (χ0) is 19.4. The van der Waals surface area contributed by atoms with Crippen LogP contribution in [0.15, 0.2) is 24.2 Å². The summed E-state index contributed by atoms with van der Waals surface area (Å²) < 4.78 is 22.4. The number of benzene rings is 1. The summed E-state index contributed by atoms with van der Waals surface area (Å²) in [5.41, 5.74) is 0.661. The quantitative estimate of drug-likeness (QED) is 0.713. The SMILES string of the molecule is COc1ccc(OC)c2sc(N(CCN(C)C)C(=O)C3=COCCO3)nc12. The van der Waals surface area contributed by atoms with E-state index in [1.54, 1.807) is 25.2 Å². The average molecular weight is 393 g/mol. The van der Waals surface area contributed by atoms with Crippen LogP contribution in [0.2, 0.25) is 0 Å². The molecule has 0 radical (unpaired) electrons. The summed E-state index contributed by atoms with van der Waals surface area (Å²) in [6.45, 7) is 1.91. The van der Waals surface area contributed by atoms with Crippen LogP contribution in [0.3, 0.4) is 0 Å². The molecule has 1 aliphatic rings. The zero-order valence-electron chi connectivity index (χ0n) is 15.9. The number of hydrogen-bond donors (Lipinski definition) is 0. The van der Waals surface area contributed by atoms with E-state index in [2.05, 4.69) is 4.98 Å². The Morgan fingerprint density at radius 3 is 2.56 bits per heavy atom. The van der Waals surface area contributed by atoms with Crippen molar-refractivity contribution in [3.63, 3.8) is 0 Å². The number of carbonyl (C=O) groups excluding carboxylic acids is 1. The zero-order valence-corrected chi connectivity index (χ0v) is 16.7. The molecule has 1 amide bonds. The maximum atomic E-state index is 13.0. The minimum Gasteiger partial charge on any atom is -0.495 e. The number of ether oxygens (including phenoxy) is 4. The third kappa shape index (κ3) is 4.09. The second-order valence-corrected chi connectivity index (χ2v) is 7.08. The fourth-order valence-electron chi connectivity index (χ4n) is 2.59. The molecule has 0 fully saturated rings. The van der Waals surface area contributed by atoms with Crippen molar-refractivity contribution < 1.29 is 23.7 Å². The lowest BCUT2D eigenvalue weighted by Gasteiger charge is -2.24. The number of aromatic nitrogens is 1. The lowest BCUT2D eigenvalue weighted by molar-refractivity contribution is -0.119. The van der Waals surface area contributed by atoms with Gasteiger partial charge >= 0.3 is 0 Å². The standard InChI is InChI=1S/C18H23N3O5S/c1-20(2)7-8-21(17(22)14-11-25-9-10-26-14)18-19-15-12(23-3)5-6-13(24-4)16(15)27-18/h5-6,11H,7-10H2,1-4H3. The van der Waals surface area contributed by atoms with Crippen LogP contribution in [0.1, 0.15) is 0 Å². The van der Waals surface area contributed by atoms with Gasteiger partial charge in [0.2, 0.25) is 5.76 Å². The van der Waals surface area contributed by atoms with Crippen LogP contribution in [0, 0.1) is 0 Å². The topological polar surface area (TPSA) is 73.4 Å². The minimum atomic E-state index is -0.284. The molecule has 1 aromatic carbocycles. The Balaban J connectivity index is 2.03. The molecule has 8 nitrogen and oxygen atoms in total. The molecule has 0 atom stereocenters. The van der Waals surface area contributed by atoms with Crippen molar-refractivity contribution in [1.82, 2.24) is 9.88 Å². The first kappa shape index (κ1) is 19.2. The number of fused-ring (bicyclic) bond motifs is 1. The second kappa shape index (κ2) is 8.45. The highest BCUT2D eigenvalue weighted by Crippen LogP contribution is 2.40. The van der Waals surface area contributed by atoms with E-state index in [1.165, 1.54) is 17.6 Å². The second-order valence-electron chi connectivity index (χ2n) is 6.11. The highest BCUT2D eigenvalue weighted by Gasteiger charge is 2.27. The summed E-state index contributed by atoms with van der Waals surface area (Å²) >= 11 is 1.38. The van der Waals surface area contributed by atoms with E-state index < -0.39 is 0 Å². The first-order valence-electron chi connectivity index (χ1n) is 8.47. The van der Waals surface area contributed by atoms with Gasteiger partial charge < -0.3 is 23.8 Å². The fraction of sp³-hybridized carbons (Fsp3) is 0.444.